The lowest BCUT2D eigenvalue weighted by molar-refractivity contribution is -0.156. The molecule has 2 rings (SSSR count). The molecule has 0 fully saturated rings. The first-order valence-electron chi connectivity index (χ1n) is 10.9. The van der Waals surface area contributed by atoms with Crippen LogP contribution in [0.5, 0.6) is 0 Å². The lowest BCUT2D eigenvalue weighted by atomic mass is 10.0. The molecule has 0 unspecified atom stereocenters. The summed E-state index contributed by atoms with van der Waals surface area (Å²) in [6, 6.07) is 20.8. The molecule has 168 valence electrons. The Hall–Kier alpha value is -2.24. The molecule has 0 aliphatic carbocycles. The van der Waals surface area contributed by atoms with E-state index in [1.165, 1.54) is 10.4 Å². The average Bonchev–Trinajstić information content (AvgIpc) is 2.69. The fourth-order valence-electron chi connectivity index (χ4n) is 3.94. The van der Waals surface area contributed by atoms with E-state index in [0.29, 0.717) is 13.0 Å². The lowest BCUT2D eigenvalue weighted by Crippen LogP contribution is -2.66. The zero-order valence-corrected chi connectivity index (χ0v) is 20.7. The van der Waals surface area contributed by atoms with Gasteiger partial charge in [0.25, 0.3) is 8.32 Å². The van der Waals surface area contributed by atoms with Gasteiger partial charge in [-0.1, -0.05) is 81.4 Å². The lowest BCUT2D eigenvalue weighted by Gasteiger charge is -2.43. The number of carbonyl (C=O) groups is 2. The fraction of sp³-hybridized carbons (Fsp3) is 0.462. The van der Waals surface area contributed by atoms with E-state index in [0.717, 1.165) is 6.29 Å². The maximum absolute atomic E-state index is 12.2. The van der Waals surface area contributed by atoms with E-state index < -0.39 is 19.8 Å². The number of benzene rings is 2. The molecule has 1 atom stereocenters. The normalized spacial score (nSPS) is 13.5. The van der Waals surface area contributed by atoms with Gasteiger partial charge in [-0.05, 0) is 42.6 Å². The Labute approximate surface area is 188 Å². The molecule has 0 N–H and O–H groups in total. The Bertz CT molecular complexity index is 796. The molecule has 0 aliphatic heterocycles. The molecular weight excluding hydrogens is 404 g/mol. The minimum atomic E-state index is -2.64. The van der Waals surface area contributed by atoms with Gasteiger partial charge in [0, 0.05) is 12.5 Å². The highest BCUT2D eigenvalue weighted by Crippen LogP contribution is 2.37. The highest BCUT2D eigenvalue weighted by molar-refractivity contribution is 6.99. The Morgan fingerprint density at radius 1 is 0.903 bits per heavy atom. The molecule has 5 heteroatoms. The summed E-state index contributed by atoms with van der Waals surface area (Å²) in [5.41, 5.74) is -0.560. The maximum Gasteiger partial charge on any atom is 0.307 e. The molecule has 0 saturated carbocycles. The molecule has 0 aliphatic rings. The topological polar surface area (TPSA) is 52.6 Å². The van der Waals surface area contributed by atoms with Gasteiger partial charge in [-0.25, -0.2) is 0 Å². The van der Waals surface area contributed by atoms with Crippen molar-refractivity contribution in [3.63, 3.8) is 0 Å². The summed E-state index contributed by atoms with van der Waals surface area (Å²) in [5, 5.41) is 2.27. The van der Waals surface area contributed by atoms with Crippen LogP contribution in [0.3, 0.4) is 0 Å². The molecule has 4 nitrogen and oxygen atoms in total. The number of rotatable bonds is 9. The number of hydrogen-bond donors (Lipinski definition) is 0. The Morgan fingerprint density at radius 2 is 1.39 bits per heavy atom. The molecule has 2 aromatic rings. The molecule has 0 spiro atoms. The summed E-state index contributed by atoms with van der Waals surface area (Å²) in [7, 11) is -2.64. The first kappa shape index (κ1) is 25.0. The molecular formula is C26H36O4Si. The van der Waals surface area contributed by atoms with Crippen LogP contribution in [0.15, 0.2) is 60.7 Å². The van der Waals surface area contributed by atoms with Gasteiger partial charge in [0.15, 0.2) is 0 Å². The van der Waals surface area contributed by atoms with Gasteiger partial charge in [-0.15, -0.1) is 0 Å². The molecule has 0 amide bonds. The van der Waals surface area contributed by atoms with Gasteiger partial charge >= 0.3 is 5.97 Å². The number of hydrogen-bond acceptors (Lipinski definition) is 4. The smallest absolute Gasteiger partial charge is 0.307 e. The minimum absolute atomic E-state index is 0.0743. The Balaban J connectivity index is 2.27. The van der Waals surface area contributed by atoms with Crippen LogP contribution < -0.4 is 10.4 Å². The van der Waals surface area contributed by atoms with Crippen molar-refractivity contribution in [3.8, 4) is 0 Å². The van der Waals surface area contributed by atoms with Gasteiger partial charge in [0.1, 0.15) is 11.9 Å². The van der Waals surface area contributed by atoms with Crippen molar-refractivity contribution in [2.45, 2.75) is 65.0 Å². The highest BCUT2D eigenvalue weighted by atomic mass is 28.4. The van der Waals surface area contributed by atoms with Crippen molar-refractivity contribution in [2.75, 3.05) is 6.61 Å². The van der Waals surface area contributed by atoms with E-state index in [1.54, 1.807) is 0 Å². The largest absolute Gasteiger partial charge is 0.460 e. The van der Waals surface area contributed by atoms with Crippen LogP contribution in [0.25, 0.3) is 0 Å². The molecule has 31 heavy (non-hydrogen) atoms. The van der Waals surface area contributed by atoms with E-state index in [1.807, 2.05) is 57.2 Å². The number of ether oxygens (including phenoxy) is 1. The van der Waals surface area contributed by atoms with E-state index in [2.05, 4.69) is 45.0 Å². The molecule has 2 aromatic carbocycles. The van der Waals surface area contributed by atoms with Crippen molar-refractivity contribution in [3.05, 3.63) is 60.7 Å². The van der Waals surface area contributed by atoms with Gasteiger partial charge in [0.2, 0.25) is 0 Å². The zero-order valence-electron chi connectivity index (χ0n) is 19.7. The number of esters is 1. The van der Waals surface area contributed by atoms with Crippen LogP contribution in [0.4, 0.5) is 0 Å². The van der Waals surface area contributed by atoms with Crippen molar-refractivity contribution < 1.29 is 18.8 Å². The second kappa shape index (κ2) is 10.4. The predicted octanol–water partition coefficient (Wildman–Crippen LogP) is 4.50. The SMILES string of the molecule is CC(C)(C)OC(=O)C[C@H](C=O)CCO[Si](c1ccccc1)(c1ccccc1)C(C)(C)C. The van der Waals surface area contributed by atoms with Crippen molar-refractivity contribution in [1.82, 2.24) is 0 Å². The summed E-state index contributed by atoms with van der Waals surface area (Å²) >= 11 is 0. The molecule has 0 radical (unpaired) electrons. The minimum Gasteiger partial charge on any atom is -0.460 e. The van der Waals surface area contributed by atoms with Gasteiger partial charge in [-0.2, -0.15) is 0 Å². The van der Waals surface area contributed by atoms with E-state index in [4.69, 9.17) is 9.16 Å². The van der Waals surface area contributed by atoms with E-state index >= 15 is 0 Å². The first-order valence-corrected chi connectivity index (χ1v) is 12.8. The molecule has 0 bridgehead atoms. The second-order valence-electron chi connectivity index (χ2n) is 9.99. The summed E-state index contributed by atoms with van der Waals surface area (Å²) in [6.45, 7) is 12.5. The second-order valence-corrected chi connectivity index (χ2v) is 14.3. The van der Waals surface area contributed by atoms with Gasteiger partial charge in [0.05, 0.1) is 6.42 Å². The summed E-state index contributed by atoms with van der Waals surface area (Å²) in [4.78, 5) is 23.8. The van der Waals surface area contributed by atoms with Crippen LogP contribution in [-0.2, 0) is 18.8 Å². The van der Waals surface area contributed by atoms with E-state index in [9.17, 15) is 9.59 Å². The Morgan fingerprint density at radius 3 is 1.77 bits per heavy atom. The Kier molecular flexibility index (Phi) is 8.38. The van der Waals surface area contributed by atoms with Gasteiger partial charge < -0.3 is 14.0 Å². The zero-order chi connectivity index (χ0) is 23.1. The monoisotopic (exact) mass is 440 g/mol. The average molecular weight is 441 g/mol. The third-order valence-electron chi connectivity index (χ3n) is 5.27. The quantitative estimate of drug-likeness (QED) is 0.327. The van der Waals surface area contributed by atoms with Crippen LogP contribution in [0, 0.1) is 5.92 Å². The van der Waals surface area contributed by atoms with Crippen LogP contribution in [0.1, 0.15) is 54.4 Å². The third kappa shape index (κ3) is 6.62. The van der Waals surface area contributed by atoms with Gasteiger partial charge in [-0.3, -0.25) is 4.79 Å². The summed E-state index contributed by atoms with van der Waals surface area (Å²) < 4.78 is 12.2. The standard InChI is InChI=1S/C26H36O4Si/c1-25(2,3)30-24(28)19-21(20-27)17-18-29-31(26(4,5)6,22-13-9-7-10-14-22)23-15-11-8-12-16-23/h7-16,20-21H,17-19H2,1-6H3/t21-/m1/s1. The highest BCUT2D eigenvalue weighted by Gasteiger charge is 2.50. The number of carbonyl (C=O) groups excluding carboxylic acids is 2. The molecule has 0 heterocycles. The predicted molar refractivity (Wildman–Crippen MR) is 128 cm³/mol. The maximum atomic E-state index is 12.2. The first-order chi connectivity index (χ1) is 14.5. The summed E-state index contributed by atoms with van der Waals surface area (Å²) in [5.74, 6) is -0.775. The van der Waals surface area contributed by atoms with Crippen molar-refractivity contribution >= 4 is 30.9 Å². The van der Waals surface area contributed by atoms with Crippen LogP contribution in [0.2, 0.25) is 5.04 Å². The van der Waals surface area contributed by atoms with Crippen LogP contribution >= 0.6 is 0 Å². The van der Waals surface area contributed by atoms with Crippen molar-refractivity contribution in [1.29, 1.82) is 0 Å². The fourth-order valence-corrected chi connectivity index (χ4v) is 8.52. The van der Waals surface area contributed by atoms with Crippen LogP contribution in [-0.4, -0.2) is 32.8 Å². The number of aldehydes is 1. The van der Waals surface area contributed by atoms with E-state index in [-0.39, 0.29) is 17.4 Å². The summed E-state index contributed by atoms with van der Waals surface area (Å²) in [6.07, 6.45) is 1.40. The molecule has 0 saturated heterocycles. The van der Waals surface area contributed by atoms with Crippen molar-refractivity contribution in [2.24, 2.45) is 5.92 Å². The molecule has 0 aromatic heterocycles. The third-order valence-corrected chi connectivity index (χ3v) is 10.3.